The highest BCUT2D eigenvalue weighted by atomic mass is 19.1. The second-order valence-electron chi connectivity index (χ2n) is 12.3. The molecule has 0 spiro atoms. The Morgan fingerprint density at radius 2 is 1.86 bits per heavy atom. The summed E-state index contributed by atoms with van der Waals surface area (Å²) >= 11 is 0. The van der Waals surface area contributed by atoms with Crippen LogP contribution < -0.4 is 16.0 Å². The van der Waals surface area contributed by atoms with Gasteiger partial charge in [0.15, 0.2) is 11.6 Å². The van der Waals surface area contributed by atoms with Gasteiger partial charge in [0, 0.05) is 29.7 Å². The summed E-state index contributed by atoms with van der Waals surface area (Å²) in [6, 6.07) is 5.47. The molecule has 2 saturated carbocycles. The van der Waals surface area contributed by atoms with E-state index in [0.717, 1.165) is 36.6 Å². The number of hydrogen-bond acceptors (Lipinski definition) is 6. The van der Waals surface area contributed by atoms with E-state index in [1.807, 2.05) is 32.9 Å². The van der Waals surface area contributed by atoms with Crippen molar-refractivity contribution in [2.45, 2.75) is 83.7 Å². The molecular weight excluding hydrogens is 544 g/mol. The number of alkyl halides is 1. The first kappa shape index (κ1) is 27.9. The van der Waals surface area contributed by atoms with Crippen LogP contribution in [-0.2, 0) is 9.53 Å². The van der Waals surface area contributed by atoms with Crippen molar-refractivity contribution in [3.05, 3.63) is 42.0 Å². The van der Waals surface area contributed by atoms with E-state index in [-0.39, 0.29) is 30.2 Å². The minimum Gasteiger partial charge on any atom is -0.444 e. The summed E-state index contributed by atoms with van der Waals surface area (Å²) < 4.78 is 36.3. The third kappa shape index (κ3) is 5.62. The Labute approximate surface area is 241 Å². The third-order valence-corrected chi connectivity index (χ3v) is 7.93. The van der Waals surface area contributed by atoms with Crippen molar-refractivity contribution >= 4 is 39.9 Å². The predicted octanol–water partition coefficient (Wildman–Crippen LogP) is 5.87. The second-order valence-corrected chi connectivity index (χ2v) is 12.3. The van der Waals surface area contributed by atoms with Gasteiger partial charge < -0.3 is 20.7 Å². The molecule has 2 aliphatic rings. The fourth-order valence-corrected chi connectivity index (χ4v) is 5.71. The minimum atomic E-state index is -1.09. The maximum absolute atomic E-state index is 16.0. The maximum Gasteiger partial charge on any atom is 0.407 e. The van der Waals surface area contributed by atoms with Crippen LogP contribution >= 0.6 is 0 Å². The number of nitrogens with zero attached hydrogens (tertiary/aromatic N) is 3. The zero-order valence-corrected chi connectivity index (χ0v) is 24.1. The van der Waals surface area contributed by atoms with Gasteiger partial charge in [-0.3, -0.25) is 9.89 Å². The molecule has 12 heteroatoms. The Bertz CT molecular complexity index is 1670. The average Bonchev–Trinajstić information content (AvgIpc) is 3.28. The summed E-state index contributed by atoms with van der Waals surface area (Å²) in [5.74, 6) is -1.01. The van der Waals surface area contributed by atoms with Crippen LogP contribution in [0.5, 0.6) is 0 Å². The number of nitrogens with one attached hydrogen (secondary N) is 4. The number of H-pyrrole nitrogens is 1. The molecule has 2 fully saturated rings. The molecule has 6 rings (SSSR count). The maximum atomic E-state index is 16.0. The van der Waals surface area contributed by atoms with Crippen molar-refractivity contribution in [2.75, 3.05) is 10.6 Å². The summed E-state index contributed by atoms with van der Waals surface area (Å²) in [5.41, 5.74) is 3.07. The molecule has 0 radical (unpaired) electrons. The number of alkyl carbamates (subject to hydrolysis) is 1. The second kappa shape index (κ2) is 10.6. The number of pyridine rings is 1. The van der Waals surface area contributed by atoms with Gasteiger partial charge in [-0.05, 0) is 88.6 Å². The zero-order chi connectivity index (χ0) is 29.8. The lowest BCUT2D eigenvalue weighted by Gasteiger charge is -2.31. The largest absolute Gasteiger partial charge is 0.444 e. The summed E-state index contributed by atoms with van der Waals surface area (Å²) in [6.07, 6.45) is 5.21. The molecular formula is C30H35F2N7O3. The number of amides is 2. The summed E-state index contributed by atoms with van der Waals surface area (Å²) in [7, 11) is 0. The van der Waals surface area contributed by atoms with Gasteiger partial charge in [-0.25, -0.2) is 18.1 Å². The number of aromatic nitrogens is 4. The van der Waals surface area contributed by atoms with Crippen molar-refractivity contribution in [3.8, 4) is 11.1 Å². The molecule has 2 amide bonds. The molecule has 2 aliphatic carbocycles. The fourth-order valence-electron chi connectivity index (χ4n) is 5.71. The van der Waals surface area contributed by atoms with E-state index in [2.05, 4.69) is 31.2 Å². The standard InChI is InChI=1S/C30H35F2N7O3/c1-15-24(16-9-10-39-19(11-16)12-23(38-39)36-28(40)20-13-22(20)31)21-14-33-37-26(21)27(25(15)32)34-17-5-7-18(8-6-17)35-29(41)42-30(2,3)4/h9-12,14,17-18,20,22,34H,5-8,13H2,1-4H3,(H,33,37)(H,35,41)(H,36,38,40)/t17?,18?,20-,22+/m1/s1. The molecule has 3 aromatic heterocycles. The molecule has 4 N–H and O–H groups in total. The Morgan fingerprint density at radius 3 is 2.55 bits per heavy atom. The van der Waals surface area contributed by atoms with E-state index in [4.69, 9.17) is 4.74 Å². The van der Waals surface area contributed by atoms with Crippen molar-refractivity contribution in [1.29, 1.82) is 0 Å². The average molecular weight is 580 g/mol. The molecule has 0 unspecified atom stereocenters. The van der Waals surface area contributed by atoms with Crippen LogP contribution in [0.1, 0.15) is 58.4 Å². The number of anilines is 2. The molecule has 0 saturated heterocycles. The number of carbonyl (C=O) groups excluding carboxylic acids is 2. The van der Waals surface area contributed by atoms with Crippen molar-refractivity contribution in [2.24, 2.45) is 5.92 Å². The van der Waals surface area contributed by atoms with Gasteiger partial charge >= 0.3 is 6.09 Å². The molecule has 42 heavy (non-hydrogen) atoms. The smallest absolute Gasteiger partial charge is 0.407 e. The lowest BCUT2D eigenvalue weighted by molar-refractivity contribution is -0.117. The van der Waals surface area contributed by atoms with Crippen molar-refractivity contribution in [1.82, 2.24) is 25.1 Å². The van der Waals surface area contributed by atoms with Crippen LogP contribution in [0.15, 0.2) is 30.6 Å². The molecule has 0 aliphatic heterocycles. The number of rotatable bonds is 6. The third-order valence-electron chi connectivity index (χ3n) is 7.93. The fraction of sp³-hybridized carbons (Fsp3) is 0.467. The van der Waals surface area contributed by atoms with Gasteiger partial charge in [0.1, 0.15) is 11.8 Å². The highest BCUT2D eigenvalue weighted by Crippen LogP contribution is 2.40. The number of carbonyl (C=O) groups is 2. The van der Waals surface area contributed by atoms with Gasteiger partial charge in [-0.1, -0.05) is 0 Å². The number of hydrogen-bond donors (Lipinski definition) is 4. The van der Waals surface area contributed by atoms with Gasteiger partial charge in [-0.2, -0.15) is 10.2 Å². The first-order valence-electron chi connectivity index (χ1n) is 14.3. The molecule has 1 aromatic carbocycles. The number of halogens is 2. The first-order chi connectivity index (χ1) is 20.0. The van der Waals surface area contributed by atoms with E-state index in [9.17, 15) is 14.0 Å². The van der Waals surface area contributed by atoms with Crippen LogP contribution in [0, 0.1) is 18.7 Å². The van der Waals surface area contributed by atoms with Crippen LogP contribution in [0.2, 0.25) is 0 Å². The van der Waals surface area contributed by atoms with Gasteiger partial charge in [-0.15, -0.1) is 0 Å². The van der Waals surface area contributed by atoms with Crippen LogP contribution in [0.25, 0.3) is 27.5 Å². The van der Waals surface area contributed by atoms with Gasteiger partial charge in [0.25, 0.3) is 0 Å². The first-order valence-corrected chi connectivity index (χ1v) is 14.3. The van der Waals surface area contributed by atoms with Gasteiger partial charge in [0.05, 0.1) is 28.8 Å². The predicted molar refractivity (Wildman–Crippen MR) is 156 cm³/mol. The van der Waals surface area contributed by atoms with Gasteiger partial charge in [0.2, 0.25) is 5.91 Å². The highest BCUT2D eigenvalue weighted by molar-refractivity contribution is 6.03. The monoisotopic (exact) mass is 579 g/mol. The number of fused-ring (bicyclic) bond motifs is 2. The van der Waals surface area contributed by atoms with E-state index in [1.165, 1.54) is 0 Å². The highest BCUT2D eigenvalue weighted by Gasteiger charge is 2.43. The minimum absolute atomic E-state index is 0.0145. The number of ether oxygens (including phenoxy) is 1. The van der Waals surface area contributed by atoms with E-state index in [1.54, 1.807) is 29.9 Å². The van der Waals surface area contributed by atoms with E-state index >= 15 is 4.39 Å². The molecule has 4 aromatic rings. The summed E-state index contributed by atoms with van der Waals surface area (Å²) in [5, 5.41) is 21.4. The van der Waals surface area contributed by atoms with Crippen LogP contribution in [0.4, 0.5) is 25.1 Å². The van der Waals surface area contributed by atoms with E-state index in [0.29, 0.717) is 33.7 Å². The zero-order valence-electron chi connectivity index (χ0n) is 24.1. The Balaban J connectivity index is 1.20. The topological polar surface area (TPSA) is 125 Å². The number of benzene rings is 1. The molecule has 222 valence electrons. The lowest BCUT2D eigenvalue weighted by atomic mass is 9.90. The Hall–Kier alpha value is -4.22. The van der Waals surface area contributed by atoms with Crippen LogP contribution in [0.3, 0.4) is 0 Å². The molecule has 2 atom stereocenters. The van der Waals surface area contributed by atoms with Crippen molar-refractivity contribution < 1.29 is 23.1 Å². The quantitative estimate of drug-likeness (QED) is 0.226. The molecule has 3 heterocycles. The molecule has 0 bridgehead atoms. The van der Waals surface area contributed by atoms with Crippen molar-refractivity contribution in [3.63, 3.8) is 0 Å². The summed E-state index contributed by atoms with van der Waals surface area (Å²) in [4.78, 5) is 24.3. The SMILES string of the molecule is Cc1c(F)c(NC2CCC(NC(=O)OC(C)(C)C)CC2)c2[nH]ncc2c1-c1ccn2nc(NC(=O)[C@@H]3C[C@@H]3F)cc2c1. The van der Waals surface area contributed by atoms with Crippen LogP contribution in [-0.4, -0.2) is 55.7 Å². The normalized spacial score (nSPS) is 22.2. The van der Waals surface area contributed by atoms with E-state index < -0.39 is 23.8 Å². The molecule has 10 nitrogen and oxygen atoms in total. The Morgan fingerprint density at radius 1 is 1.14 bits per heavy atom. The Kier molecular flexibility index (Phi) is 7.02. The number of aromatic amines is 1. The lowest BCUT2D eigenvalue weighted by Crippen LogP contribution is -2.42. The summed E-state index contributed by atoms with van der Waals surface area (Å²) in [6.45, 7) is 7.25.